The van der Waals surface area contributed by atoms with Crippen LogP contribution in [0, 0.1) is 39.9 Å². The lowest BCUT2D eigenvalue weighted by Gasteiger charge is -2.14. The number of halogens is 1. The summed E-state index contributed by atoms with van der Waals surface area (Å²) < 4.78 is 0. The summed E-state index contributed by atoms with van der Waals surface area (Å²) in [5.41, 5.74) is 0.142. The summed E-state index contributed by atoms with van der Waals surface area (Å²) in [6.45, 7) is 3.48. The molecule has 0 heterocycles. The van der Waals surface area contributed by atoms with Crippen LogP contribution >= 0.6 is 11.6 Å². The Balaban J connectivity index is 3.25. The lowest BCUT2D eigenvalue weighted by atomic mass is 10.2. The minimum absolute atomic E-state index is 0.214. The van der Waals surface area contributed by atoms with Gasteiger partial charge in [0.2, 0.25) is 5.91 Å². The third kappa shape index (κ3) is 4.24. The Bertz CT molecular complexity index is 731. The summed E-state index contributed by atoms with van der Waals surface area (Å²) in [6.07, 6.45) is 0. The third-order valence-corrected chi connectivity index (χ3v) is 2.84. The molecule has 110 valence electrons. The van der Waals surface area contributed by atoms with Crippen molar-refractivity contribution in [3.8, 4) is 18.2 Å². The number of hydrogen-bond donors (Lipinski definition) is 2. The first-order chi connectivity index (χ1) is 10.4. The molecule has 0 saturated carbocycles. The normalized spacial score (nSPS) is 9.14. The Morgan fingerprint density at radius 1 is 1.09 bits per heavy atom. The highest BCUT2D eigenvalue weighted by molar-refractivity contribution is 6.31. The van der Waals surface area contributed by atoms with Crippen LogP contribution in [0.4, 0.5) is 11.4 Å². The first-order valence-electron chi connectivity index (χ1n) is 6.25. The van der Waals surface area contributed by atoms with E-state index in [1.165, 1.54) is 6.07 Å². The molecule has 0 fully saturated rings. The SMILES string of the molecule is CC(C)C(=O)Nc1ccc(Cl)cc1NC(C#N)=C(C#N)C#N. The van der Waals surface area contributed by atoms with Crippen molar-refractivity contribution < 1.29 is 4.79 Å². The van der Waals surface area contributed by atoms with Crippen LogP contribution in [-0.2, 0) is 4.79 Å². The molecule has 0 atom stereocenters. The number of nitrogens with one attached hydrogen (secondary N) is 2. The van der Waals surface area contributed by atoms with E-state index in [1.807, 2.05) is 0 Å². The van der Waals surface area contributed by atoms with Gasteiger partial charge in [-0.2, -0.15) is 15.8 Å². The minimum atomic E-state index is -0.358. The fourth-order valence-corrected chi connectivity index (χ4v) is 1.60. The maximum Gasteiger partial charge on any atom is 0.226 e. The summed E-state index contributed by atoms with van der Waals surface area (Å²) in [6, 6.07) is 9.63. The van der Waals surface area contributed by atoms with Gasteiger partial charge in [-0.1, -0.05) is 25.4 Å². The predicted molar refractivity (Wildman–Crippen MR) is 82.4 cm³/mol. The number of amides is 1. The molecule has 1 rings (SSSR count). The Hall–Kier alpha value is -3.01. The van der Waals surface area contributed by atoms with Gasteiger partial charge in [0.25, 0.3) is 0 Å². The molecular weight excluding hydrogens is 302 g/mol. The van der Waals surface area contributed by atoms with Crippen LogP contribution in [0.2, 0.25) is 5.02 Å². The number of hydrogen-bond acceptors (Lipinski definition) is 5. The van der Waals surface area contributed by atoms with Crippen molar-refractivity contribution in [2.75, 3.05) is 10.6 Å². The van der Waals surface area contributed by atoms with Gasteiger partial charge in [0, 0.05) is 10.9 Å². The molecule has 0 unspecified atom stereocenters. The van der Waals surface area contributed by atoms with Gasteiger partial charge in [-0.3, -0.25) is 4.79 Å². The van der Waals surface area contributed by atoms with Crippen LogP contribution in [0.25, 0.3) is 0 Å². The fraction of sp³-hybridized carbons (Fsp3) is 0.200. The average Bonchev–Trinajstić information content (AvgIpc) is 2.49. The molecule has 0 aromatic heterocycles. The average molecular weight is 314 g/mol. The molecule has 2 N–H and O–H groups in total. The van der Waals surface area contributed by atoms with E-state index in [1.54, 1.807) is 44.2 Å². The number of allylic oxidation sites excluding steroid dienone is 2. The smallest absolute Gasteiger partial charge is 0.226 e. The van der Waals surface area contributed by atoms with E-state index >= 15 is 0 Å². The molecule has 1 aromatic rings. The van der Waals surface area contributed by atoms with Crippen molar-refractivity contribution in [1.29, 1.82) is 15.8 Å². The van der Waals surface area contributed by atoms with Crippen LogP contribution in [-0.4, -0.2) is 5.91 Å². The number of nitriles is 3. The first-order valence-corrected chi connectivity index (χ1v) is 6.62. The molecule has 0 spiro atoms. The van der Waals surface area contributed by atoms with E-state index in [9.17, 15) is 4.79 Å². The number of anilines is 2. The summed E-state index contributed by atoms with van der Waals surface area (Å²) in [5.74, 6) is -0.447. The van der Waals surface area contributed by atoms with Crippen molar-refractivity contribution in [2.45, 2.75) is 13.8 Å². The highest BCUT2D eigenvalue weighted by Gasteiger charge is 2.13. The van der Waals surface area contributed by atoms with Gasteiger partial charge >= 0.3 is 0 Å². The Kier molecular flexibility index (Phi) is 5.96. The number of carbonyl (C=O) groups is 1. The zero-order valence-electron chi connectivity index (χ0n) is 11.9. The zero-order chi connectivity index (χ0) is 16.7. The second-order valence-electron chi connectivity index (χ2n) is 4.54. The summed E-state index contributed by atoms with van der Waals surface area (Å²) in [7, 11) is 0. The van der Waals surface area contributed by atoms with E-state index in [2.05, 4.69) is 10.6 Å². The molecule has 6 nitrogen and oxygen atoms in total. The molecule has 0 bridgehead atoms. The topological polar surface area (TPSA) is 112 Å². The van der Waals surface area contributed by atoms with Crippen molar-refractivity contribution >= 4 is 28.9 Å². The van der Waals surface area contributed by atoms with Gasteiger partial charge in [-0.15, -0.1) is 0 Å². The quantitative estimate of drug-likeness (QED) is 0.829. The van der Waals surface area contributed by atoms with Gasteiger partial charge in [-0.25, -0.2) is 0 Å². The highest BCUT2D eigenvalue weighted by atomic mass is 35.5. The molecule has 22 heavy (non-hydrogen) atoms. The highest BCUT2D eigenvalue weighted by Crippen LogP contribution is 2.28. The third-order valence-electron chi connectivity index (χ3n) is 2.61. The number of rotatable bonds is 4. The van der Waals surface area contributed by atoms with E-state index in [4.69, 9.17) is 27.4 Å². The van der Waals surface area contributed by atoms with Crippen LogP contribution in [0.15, 0.2) is 29.5 Å². The Morgan fingerprint density at radius 3 is 2.23 bits per heavy atom. The van der Waals surface area contributed by atoms with E-state index in [0.717, 1.165) is 0 Å². The van der Waals surface area contributed by atoms with E-state index in [-0.39, 0.29) is 23.1 Å². The molecule has 1 amide bonds. The molecular formula is C15H12ClN5O. The standard InChI is InChI=1S/C15H12ClN5O/c1-9(2)15(22)21-12-4-3-11(16)5-13(12)20-14(8-19)10(6-17)7-18/h3-5,9,20H,1-2H3,(H,21,22). The lowest BCUT2D eigenvalue weighted by Crippen LogP contribution is -2.18. The molecule has 0 aliphatic heterocycles. The summed E-state index contributed by atoms with van der Waals surface area (Å²) in [5, 5.41) is 32.4. The second-order valence-corrected chi connectivity index (χ2v) is 4.98. The maximum absolute atomic E-state index is 11.8. The Labute approximate surface area is 133 Å². The molecule has 1 aromatic carbocycles. The van der Waals surface area contributed by atoms with Gasteiger partial charge in [0.05, 0.1) is 11.4 Å². The lowest BCUT2D eigenvalue weighted by molar-refractivity contribution is -0.118. The fourth-order valence-electron chi connectivity index (χ4n) is 1.42. The largest absolute Gasteiger partial charge is 0.343 e. The first kappa shape index (κ1) is 17.0. The van der Waals surface area contributed by atoms with Crippen molar-refractivity contribution in [3.05, 3.63) is 34.5 Å². The van der Waals surface area contributed by atoms with Crippen LogP contribution < -0.4 is 10.6 Å². The van der Waals surface area contributed by atoms with Crippen LogP contribution in [0.5, 0.6) is 0 Å². The van der Waals surface area contributed by atoms with Gasteiger partial charge in [0.15, 0.2) is 5.57 Å². The number of nitrogens with zero attached hydrogens (tertiary/aromatic N) is 3. The van der Waals surface area contributed by atoms with Crippen LogP contribution in [0.3, 0.4) is 0 Å². The maximum atomic E-state index is 11.8. The predicted octanol–water partition coefficient (Wildman–Crippen LogP) is 3.17. The summed E-state index contributed by atoms with van der Waals surface area (Å²) in [4.78, 5) is 11.8. The number of carbonyl (C=O) groups excluding carboxylic acids is 1. The molecule has 0 saturated heterocycles. The minimum Gasteiger partial charge on any atom is -0.343 e. The van der Waals surface area contributed by atoms with Crippen molar-refractivity contribution in [3.63, 3.8) is 0 Å². The van der Waals surface area contributed by atoms with Crippen molar-refractivity contribution in [2.24, 2.45) is 5.92 Å². The zero-order valence-corrected chi connectivity index (χ0v) is 12.7. The molecule has 0 aliphatic carbocycles. The Morgan fingerprint density at radius 2 is 1.73 bits per heavy atom. The molecule has 0 aliphatic rings. The van der Waals surface area contributed by atoms with Crippen LogP contribution in [0.1, 0.15) is 13.8 Å². The summed E-state index contributed by atoms with van der Waals surface area (Å²) >= 11 is 5.91. The van der Waals surface area contributed by atoms with Gasteiger partial charge in [-0.05, 0) is 18.2 Å². The molecule has 0 radical (unpaired) electrons. The van der Waals surface area contributed by atoms with Gasteiger partial charge in [0.1, 0.15) is 23.9 Å². The second kappa shape index (κ2) is 7.69. The van der Waals surface area contributed by atoms with E-state index in [0.29, 0.717) is 16.4 Å². The van der Waals surface area contributed by atoms with Crippen molar-refractivity contribution in [1.82, 2.24) is 0 Å². The monoisotopic (exact) mass is 313 g/mol. The van der Waals surface area contributed by atoms with Gasteiger partial charge < -0.3 is 10.6 Å². The number of benzene rings is 1. The van der Waals surface area contributed by atoms with E-state index < -0.39 is 0 Å². The molecule has 7 heteroatoms.